The Morgan fingerprint density at radius 3 is 2.47 bits per heavy atom. The molecule has 1 saturated carbocycles. The highest BCUT2D eigenvalue weighted by Crippen LogP contribution is 2.37. The summed E-state index contributed by atoms with van der Waals surface area (Å²) in [4.78, 5) is 68.2. The molecule has 1 saturated heterocycles. The second kappa shape index (κ2) is 10.4. The molecule has 1 aromatic rings. The summed E-state index contributed by atoms with van der Waals surface area (Å²) in [6.07, 6.45) is 4.31. The van der Waals surface area contributed by atoms with Crippen molar-refractivity contribution in [3.63, 3.8) is 0 Å². The van der Waals surface area contributed by atoms with E-state index in [1.807, 2.05) is 6.92 Å². The Morgan fingerprint density at radius 2 is 1.88 bits per heavy atom. The number of rotatable bonds is 9. The quantitative estimate of drug-likeness (QED) is 0.433. The minimum Gasteiger partial charge on any atom is -0.383 e. The standard InChI is InChI=1S/C22H34N6O6/c1-4-10-27-17(23)16(18(30)24-20(27)32)26(11-12-34-3)15(29)13-28-19(31)22(25-21(28)33)8-6-14(5-2)7-9-22/h14H,4-13,23H2,1-3H3,(H,25,33)(H,24,30,32). The number of anilines is 2. The zero-order valence-corrected chi connectivity index (χ0v) is 20.0. The van der Waals surface area contributed by atoms with Gasteiger partial charge < -0.3 is 20.7 Å². The van der Waals surface area contributed by atoms with Crippen molar-refractivity contribution in [1.82, 2.24) is 19.8 Å². The number of nitrogens with zero attached hydrogens (tertiary/aromatic N) is 3. The van der Waals surface area contributed by atoms with Crippen LogP contribution in [0.2, 0.25) is 0 Å². The minimum absolute atomic E-state index is 0.0556. The van der Waals surface area contributed by atoms with E-state index >= 15 is 0 Å². The molecule has 4 N–H and O–H groups in total. The number of aromatic amines is 1. The topological polar surface area (TPSA) is 160 Å². The van der Waals surface area contributed by atoms with Crippen LogP contribution < -0.4 is 27.2 Å². The van der Waals surface area contributed by atoms with E-state index in [1.165, 1.54) is 11.7 Å². The zero-order valence-electron chi connectivity index (χ0n) is 20.0. The van der Waals surface area contributed by atoms with Gasteiger partial charge in [-0.3, -0.25) is 28.8 Å². The number of nitrogens with two attached hydrogens (primary N) is 1. The summed E-state index contributed by atoms with van der Waals surface area (Å²) in [6.45, 7) is 3.65. The number of imide groups is 1. The Bertz CT molecular complexity index is 1050. The SMILES string of the molecule is CCCn1c(N)c(N(CCOC)C(=O)CN2C(=O)NC3(CCC(CC)CC3)C2=O)c(=O)[nH]c1=O. The molecule has 0 radical (unpaired) electrons. The number of carbonyl (C=O) groups excluding carboxylic acids is 3. The van der Waals surface area contributed by atoms with Gasteiger partial charge in [-0.1, -0.05) is 20.3 Å². The Labute approximate surface area is 197 Å². The molecule has 2 aliphatic rings. The van der Waals surface area contributed by atoms with E-state index in [-0.39, 0.29) is 31.2 Å². The van der Waals surface area contributed by atoms with Crippen molar-refractivity contribution in [2.24, 2.45) is 5.92 Å². The Morgan fingerprint density at radius 1 is 1.21 bits per heavy atom. The second-order valence-electron chi connectivity index (χ2n) is 8.94. The molecule has 0 bridgehead atoms. The van der Waals surface area contributed by atoms with E-state index in [9.17, 15) is 24.0 Å². The van der Waals surface area contributed by atoms with Crippen molar-refractivity contribution in [3.05, 3.63) is 20.8 Å². The summed E-state index contributed by atoms with van der Waals surface area (Å²) in [5, 5.41) is 2.80. The lowest BCUT2D eigenvalue weighted by Gasteiger charge is -2.34. The van der Waals surface area contributed by atoms with Crippen LogP contribution in [0.4, 0.5) is 16.3 Å². The fourth-order valence-electron chi connectivity index (χ4n) is 4.79. The predicted octanol–water partition coefficient (Wildman–Crippen LogP) is 0.399. The van der Waals surface area contributed by atoms with E-state index in [0.29, 0.717) is 25.2 Å². The van der Waals surface area contributed by atoms with E-state index in [0.717, 1.165) is 29.1 Å². The van der Waals surface area contributed by atoms with Crippen LogP contribution in [-0.4, -0.2) is 64.6 Å². The monoisotopic (exact) mass is 478 g/mol. The van der Waals surface area contributed by atoms with Gasteiger partial charge in [-0.2, -0.15) is 0 Å². The number of amides is 4. The average Bonchev–Trinajstić information content (AvgIpc) is 3.03. The molecule has 2 fully saturated rings. The summed E-state index contributed by atoms with van der Waals surface area (Å²) in [6, 6.07) is -0.627. The highest BCUT2D eigenvalue weighted by atomic mass is 16.5. The second-order valence-corrected chi connectivity index (χ2v) is 8.94. The predicted molar refractivity (Wildman–Crippen MR) is 125 cm³/mol. The lowest BCUT2D eigenvalue weighted by Crippen LogP contribution is -2.50. The van der Waals surface area contributed by atoms with Crippen LogP contribution in [0.1, 0.15) is 52.4 Å². The summed E-state index contributed by atoms with van der Waals surface area (Å²) in [5.41, 5.74) is 3.44. The molecule has 1 aromatic heterocycles. The van der Waals surface area contributed by atoms with E-state index in [4.69, 9.17) is 10.5 Å². The molecule has 4 amide bonds. The molecule has 1 aliphatic carbocycles. The largest absolute Gasteiger partial charge is 0.383 e. The number of urea groups is 1. The van der Waals surface area contributed by atoms with Gasteiger partial charge >= 0.3 is 11.7 Å². The zero-order chi connectivity index (χ0) is 25.0. The smallest absolute Gasteiger partial charge is 0.330 e. The van der Waals surface area contributed by atoms with E-state index in [1.54, 1.807) is 0 Å². The van der Waals surface area contributed by atoms with Gasteiger partial charge in [0.15, 0.2) is 5.69 Å². The van der Waals surface area contributed by atoms with E-state index in [2.05, 4.69) is 17.2 Å². The van der Waals surface area contributed by atoms with Gasteiger partial charge in [0.1, 0.15) is 17.9 Å². The van der Waals surface area contributed by atoms with Crippen LogP contribution in [-0.2, 0) is 20.9 Å². The number of nitrogen functional groups attached to an aromatic ring is 1. The van der Waals surface area contributed by atoms with Gasteiger partial charge in [0.2, 0.25) is 5.91 Å². The molecule has 3 rings (SSSR count). The number of nitrogens with one attached hydrogen (secondary N) is 2. The molecule has 12 heteroatoms. The van der Waals surface area contributed by atoms with Gasteiger partial charge in [-0.25, -0.2) is 9.59 Å². The van der Waals surface area contributed by atoms with Crippen molar-refractivity contribution < 1.29 is 19.1 Å². The van der Waals surface area contributed by atoms with Gasteiger partial charge in [0, 0.05) is 20.2 Å². The Kier molecular flexibility index (Phi) is 7.80. The lowest BCUT2D eigenvalue weighted by molar-refractivity contribution is -0.135. The van der Waals surface area contributed by atoms with Crippen LogP contribution in [0.5, 0.6) is 0 Å². The van der Waals surface area contributed by atoms with Crippen LogP contribution in [0.15, 0.2) is 9.59 Å². The van der Waals surface area contributed by atoms with Crippen LogP contribution in [0, 0.1) is 5.92 Å². The molecular formula is C22H34N6O6. The molecule has 0 atom stereocenters. The molecule has 188 valence electrons. The highest BCUT2D eigenvalue weighted by molar-refractivity contribution is 6.10. The first-order valence-corrected chi connectivity index (χ1v) is 11.7. The Balaban J connectivity index is 1.88. The number of ether oxygens (including phenoxy) is 1. The average molecular weight is 479 g/mol. The first kappa shape index (κ1) is 25.5. The van der Waals surface area contributed by atoms with Gasteiger partial charge in [-0.15, -0.1) is 0 Å². The van der Waals surface area contributed by atoms with Crippen molar-refractivity contribution >= 4 is 29.4 Å². The normalized spacial score (nSPS) is 22.3. The van der Waals surface area contributed by atoms with Crippen LogP contribution in [0.3, 0.4) is 0 Å². The summed E-state index contributed by atoms with van der Waals surface area (Å²) in [5.74, 6) is -0.751. The van der Waals surface area contributed by atoms with Gasteiger partial charge in [-0.05, 0) is 38.0 Å². The maximum absolute atomic E-state index is 13.3. The molecule has 12 nitrogen and oxygen atoms in total. The molecule has 1 aliphatic heterocycles. The van der Waals surface area contributed by atoms with Crippen molar-refractivity contribution in [2.75, 3.05) is 37.4 Å². The number of methoxy groups -OCH3 is 1. The number of H-pyrrole nitrogens is 1. The van der Waals surface area contributed by atoms with Crippen LogP contribution in [0.25, 0.3) is 0 Å². The number of hydrogen-bond acceptors (Lipinski definition) is 7. The maximum Gasteiger partial charge on any atom is 0.330 e. The highest BCUT2D eigenvalue weighted by Gasteiger charge is 2.52. The lowest BCUT2D eigenvalue weighted by atomic mass is 9.75. The van der Waals surface area contributed by atoms with Gasteiger partial charge in [0.25, 0.3) is 11.5 Å². The Hall–Kier alpha value is -3.15. The first-order valence-electron chi connectivity index (χ1n) is 11.7. The minimum atomic E-state index is -0.981. The van der Waals surface area contributed by atoms with Crippen molar-refractivity contribution in [3.8, 4) is 0 Å². The fourth-order valence-corrected chi connectivity index (χ4v) is 4.79. The third-order valence-electron chi connectivity index (χ3n) is 6.83. The third kappa shape index (κ3) is 4.72. The van der Waals surface area contributed by atoms with Crippen molar-refractivity contribution in [2.45, 2.75) is 64.5 Å². The molecule has 0 aromatic carbocycles. The number of carbonyl (C=O) groups is 3. The summed E-state index contributed by atoms with van der Waals surface area (Å²) < 4.78 is 6.25. The number of hydrogen-bond donors (Lipinski definition) is 3. The van der Waals surface area contributed by atoms with Crippen molar-refractivity contribution in [1.29, 1.82) is 0 Å². The van der Waals surface area contributed by atoms with Gasteiger partial charge in [0.05, 0.1) is 6.61 Å². The first-order chi connectivity index (χ1) is 16.2. The molecular weight excluding hydrogens is 444 g/mol. The van der Waals surface area contributed by atoms with E-state index < -0.39 is 41.2 Å². The molecule has 0 unspecified atom stereocenters. The molecule has 34 heavy (non-hydrogen) atoms. The summed E-state index contributed by atoms with van der Waals surface area (Å²) >= 11 is 0. The maximum atomic E-state index is 13.3. The summed E-state index contributed by atoms with van der Waals surface area (Å²) in [7, 11) is 1.43. The van der Waals surface area contributed by atoms with Crippen LogP contribution >= 0.6 is 0 Å². The molecule has 2 heterocycles. The fraction of sp³-hybridized carbons (Fsp3) is 0.682. The number of aromatic nitrogens is 2. The third-order valence-corrected chi connectivity index (χ3v) is 6.83. The molecule has 1 spiro atoms.